The second-order valence-electron chi connectivity index (χ2n) is 4.36. The van der Waals surface area contributed by atoms with Crippen molar-refractivity contribution >= 4 is 0 Å². The summed E-state index contributed by atoms with van der Waals surface area (Å²) in [6.45, 7) is 1.88. The molecule has 0 saturated heterocycles. The van der Waals surface area contributed by atoms with E-state index < -0.39 is 11.6 Å². The van der Waals surface area contributed by atoms with Crippen LogP contribution in [0.3, 0.4) is 0 Å². The Morgan fingerprint density at radius 3 is 2.26 bits per heavy atom. The molecule has 1 N–H and O–H groups in total. The topological polar surface area (TPSA) is 37.8 Å². The second kappa shape index (κ2) is 5.84. The molecule has 0 bridgehead atoms. The van der Waals surface area contributed by atoms with Gasteiger partial charge >= 0.3 is 0 Å². The number of aryl methyl sites for hydroxylation is 1. The molecule has 3 nitrogen and oxygen atoms in total. The minimum atomic E-state index is -0.549. The molecule has 0 aliphatic carbocycles. The van der Waals surface area contributed by atoms with E-state index in [1.807, 2.05) is 6.92 Å². The Hall–Kier alpha value is -1.88. The van der Waals surface area contributed by atoms with Crippen molar-refractivity contribution < 1.29 is 8.78 Å². The molecule has 1 heterocycles. The van der Waals surface area contributed by atoms with E-state index in [0.717, 1.165) is 5.56 Å². The Kier molecular flexibility index (Phi) is 4.16. The molecule has 0 aliphatic heterocycles. The van der Waals surface area contributed by atoms with Crippen LogP contribution in [0.4, 0.5) is 8.78 Å². The molecule has 0 spiro atoms. The smallest absolute Gasteiger partial charge is 0.145 e. The summed E-state index contributed by atoms with van der Waals surface area (Å²) in [5.74, 6) is -0.574. The van der Waals surface area contributed by atoms with E-state index >= 15 is 0 Å². The number of nitrogens with zero attached hydrogens (tertiary/aromatic N) is 2. The van der Waals surface area contributed by atoms with Gasteiger partial charge in [0.05, 0.1) is 6.04 Å². The molecule has 2 rings (SSSR count). The first-order chi connectivity index (χ1) is 9.11. The number of hydrogen-bond donors (Lipinski definition) is 1. The second-order valence-corrected chi connectivity index (χ2v) is 4.36. The quantitative estimate of drug-likeness (QED) is 0.921. The Morgan fingerprint density at radius 1 is 1.16 bits per heavy atom. The van der Waals surface area contributed by atoms with Crippen molar-refractivity contribution in [2.75, 3.05) is 7.05 Å². The van der Waals surface area contributed by atoms with Gasteiger partial charge in [-0.2, -0.15) is 0 Å². The fraction of sp³-hybridized carbons (Fsp3) is 0.286. The molecule has 19 heavy (non-hydrogen) atoms. The third-order valence-electron chi connectivity index (χ3n) is 2.93. The van der Waals surface area contributed by atoms with Gasteiger partial charge in [-0.15, -0.1) is 0 Å². The number of halogens is 2. The minimum Gasteiger partial charge on any atom is -0.310 e. The first-order valence-corrected chi connectivity index (χ1v) is 6.00. The van der Waals surface area contributed by atoms with Gasteiger partial charge in [0.2, 0.25) is 0 Å². The number of benzene rings is 1. The van der Waals surface area contributed by atoms with E-state index in [0.29, 0.717) is 5.82 Å². The molecule has 0 saturated carbocycles. The minimum absolute atomic E-state index is 0.0472. The summed E-state index contributed by atoms with van der Waals surface area (Å²) in [4.78, 5) is 8.37. The highest BCUT2D eigenvalue weighted by Crippen LogP contribution is 2.19. The van der Waals surface area contributed by atoms with Crippen molar-refractivity contribution in [1.82, 2.24) is 15.3 Å². The summed E-state index contributed by atoms with van der Waals surface area (Å²) >= 11 is 0. The van der Waals surface area contributed by atoms with Crippen LogP contribution in [-0.2, 0) is 6.42 Å². The van der Waals surface area contributed by atoms with Crippen molar-refractivity contribution in [2.24, 2.45) is 0 Å². The lowest BCUT2D eigenvalue weighted by Crippen LogP contribution is -2.22. The maximum absolute atomic E-state index is 13.6. The van der Waals surface area contributed by atoms with Gasteiger partial charge in [0.25, 0.3) is 0 Å². The van der Waals surface area contributed by atoms with Gasteiger partial charge in [-0.25, -0.2) is 18.7 Å². The lowest BCUT2D eigenvalue weighted by Gasteiger charge is -2.15. The van der Waals surface area contributed by atoms with Gasteiger partial charge < -0.3 is 5.32 Å². The van der Waals surface area contributed by atoms with E-state index in [4.69, 9.17) is 0 Å². The molecule has 100 valence electrons. The van der Waals surface area contributed by atoms with Crippen LogP contribution in [0.1, 0.15) is 23.0 Å². The van der Waals surface area contributed by atoms with Gasteiger partial charge in [-0.1, -0.05) is 6.07 Å². The highest BCUT2D eigenvalue weighted by Gasteiger charge is 2.18. The third-order valence-corrected chi connectivity index (χ3v) is 2.93. The maximum Gasteiger partial charge on any atom is 0.145 e. The van der Waals surface area contributed by atoms with E-state index in [1.165, 1.54) is 18.2 Å². The number of likely N-dealkylation sites (N-methyl/N-ethyl adjacent to an activating group) is 1. The Bertz CT molecular complexity index is 535. The van der Waals surface area contributed by atoms with Crippen LogP contribution in [-0.4, -0.2) is 17.0 Å². The van der Waals surface area contributed by atoms with Crippen molar-refractivity contribution in [1.29, 1.82) is 0 Å². The lowest BCUT2D eigenvalue weighted by atomic mass is 10.0. The Morgan fingerprint density at radius 2 is 1.74 bits per heavy atom. The van der Waals surface area contributed by atoms with Crippen LogP contribution in [0, 0.1) is 18.6 Å². The van der Waals surface area contributed by atoms with Crippen molar-refractivity contribution in [2.45, 2.75) is 19.4 Å². The van der Waals surface area contributed by atoms with Crippen molar-refractivity contribution in [3.63, 3.8) is 0 Å². The van der Waals surface area contributed by atoms with Crippen molar-refractivity contribution in [3.8, 4) is 0 Å². The molecule has 2 aromatic rings. The average molecular weight is 263 g/mol. The molecule has 1 aromatic heterocycles. The normalized spacial score (nSPS) is 12.4. The molecular weight excluding hydrogens is 248 g/mol. The molecule has 5 heteroatoms. The Labute approximate surface area is 110 Å². The average Bonchev–Trinajstić information content (AvgIpc) is 2.40. The molecule has 1 aromatic carbocycles. The van der Waals surface area contributed by atoms with Crippen LogP contribution in [0.25, 0.3) is 0 Å². The van der Waals surface area contributed by atoms with Crippen LogP contribution in [0.5, 0.6) is 0 Å². The predicted molar refractivity (Wildman–Crippen MR) is 68.6 cm³/mol. The zero-order valence-corrected chi connectivity index (χ0v) is 10.8. The van der Waals surface area contributed by atoms with E-state index in [2.05, 4.69) is 15.3 Å². The summed E-state index contributed by atoms with van der Waals surface area (Å²) in [5, 5.41) is 2.98. The third kappa shape index (κ3) is 3.12. The lowest BCUT2D eigenvalue weighted by molar-refractivity contribution is 0.501. The van der Waals surface area contributed by atoms with Gasteiger partial charge in [-0.3, -0.25) is 0 Å². The van der Waals surface area contributed by atoms with Crippen LogP contribution in [0.15, 0.2) is 30.6 Å². The summed E-state index contributed by atoms with van der Waals surface area (Å²) in [6.07, 6.45) is 3.53. The largest absolute Gasteiger partial charge is 0.310 e. The highest BCUT2D eigenvalue weighted by atomic mass is 19.1. The number of nitrogens with one attached hydrogen (secondary N) is 1. The molecule has 1 atom stereocenters. The van der Waals surface area contributed by atoms with Crippen molar-refractivity contribution in [3.05, 3.63) is 59.2 Å². The molecule has 1 unspecified atom stereocenters. The number of hydrogen-bond acceptors (Lipinski definition) is 3. The van der Waals surface area contributed by atoms with E-state index in [9.17, 15) is 8.78 Å². The summed E-state index contributed by atoms with van der Waals surface area (Å²) < 4.78 is 27.2. The van der Waals surface area contributed by atoms with Crippen LogP contribution < -0.4 is 5.32 Å². The Balaban J connectivity index is 2.26. The van der Waals surface area contributed by atoms with E-state index in [1.54, 1.807) is 19.4 Å². The van der Waals surface area contributed by atoms with Gasteiger partial charge in [0.1, 0.15) is 17.5 Å². The highest BCUT2D eigenvalue weighted by molar-refractivity contribution is 5.22. The number of aromatic nitrogens is 2. The van der Waals surface area contributed by atoms with Crippen LogP contribution in [0.2, 0.25) is 0 Å². The van der Waals surface area contributed by atoms with E-state index in [-0.39, 0.29) is 18.0 Å². The first kappa shape index (κ1) is 13.5. The summed E-state index contributed by atoms with van der Waals surface area (Å²) in [7, 11) is 1.71. The SMILES string of the molecule is CNC(Cc1c(F)cccc1F)c1ncc(C)cn1. The molecule has 0 fully saturated rings. The number of rotatable bonds is 4. The fourth-order valence-corrected chi connectivity index (χ4v) is 1.84. The zero-order chi connectivity index (χ0) is 13.8. The molecule has 0 radical (unpaired) electrons. The predicted octanol–water partition coefficient (Wildman–Crippen LogP) is 2.57. The standard InChI is InChI=1S/C14H15F2N3/c1-9-7-18-14(19-8-9)13(17-2)6-10-11(15)4-3-5-12(10)16/h3-5,7-8,13,17H,6H2,1-2H3. The van der Waals surface area contributed by atoms with Gasteiger partial charge in [0, 0.05) is 24.4 Å². The van der Waals surface area contributed by atoms with Gasteiger partial charge in [-0.05, 0) is 31.7 Å². The maximum atomic E-state index is 13.6. The molecule has 0 amide bonds. The first-order valence-electron chi connectivity index (χ1n) is 6.00. The zero-order valence-electron chi connectivity index (χ0n) is 10.8. The molecular formula is C14H15F2N3. The molecule has 0 aliphatic rings. The van der Waals surface area contributed by atoms with Crippen LogP contribution >= 0.6 is 0 Å². The van der Waals surface area contributed by atoms with Gasteiger partial charge in [0.15, 0.2) is 0 Å². The monoisotopic (exact) mass is 263 g/mol. The summed E-state index contributed by atoms with van der Waals surface area (Å²) in [5.41, 5.74) is 0.988. The fourth-order valence-electron chi connectivity index (χ4n) is 1.84. The summed E-state index contributed by atoms with van der Waals surface area (Å²) in [6, 6.07) is 3.53.